The van der Waals surface area contributed by atoms with Crippen LogP contribution in [-0.4, -0.2) is 24.7 Å². The van der Waals surface area contributed by atoms with Gasteiger partial charge < -0.3 is 14.8 Å². The van der Waals surface area contributed by atoms with Gasteiger partial charge in [0.05, 0.1) is 0 Å². The van der Waals surface area contributed by atoms with Gasteiger partial charge in [-0.3, -0.25) is 0 Å². The van der Waals surface area contributed by atoms with Gasteiger partial charge in [-0.25, -0.2) is 9.59 Å². The van der Waals surface area contributed by atoms with Gasteiger partial charge >= 0.3 is 12.1 Å². The average Bonchev–Trinajstić information content (AvgIpc) is 2.75. The summed E-state index contributed by atoms with van der Waals surface area (Å²) >= 11 is 0. The molecule has 0 aromatic heterocycles. The highest BCUT2D eigenvalue weighted by atomic mass is 16.6. The first-order valence-corrected chi connectivity index (χ1v) is 8.77. The number of carbonyl (C=O) groups excluding carboxylic acids is 2. The quantitative estimate of drug-likeness (QED) is 0.298. The zero-order valence-electron chi connectivity index (χ0n) is 15.5. The molecule has 148 valence electrons. The van der Waals surface area contributed by atoms with E-state index >= 15 is 0 Å². The van der Waals surface area contributed by atoms with Crippen molar-refractivity contribution < 1.29 is 19.1 Å². The van der Waals surface area contributed by atoms with Gasteiger partial charge in [-0.05, 0) is 29.5 Å². The lowest BCUT2D eigenvalue weighted by molar-refractivity contribution is -0.144. The minimum Gasteiger partial charge on any atom is -0.449 e. The van der Waals surface area contributed by atoms with Crippen LogP contribution in [0.5, 0.6) is 0 Å². The maximum absolute atomic E-state index is 12.1. The molecule has 2 aromatic rings. The number of aryl methyl sites for hydroxylation is 1. The Morgan fingerprint density at radius 1 is 1.10 bits per heavy atom. The third-order valence-corrected chi connectivity index (χ3v) is 3.89. The Labute approximate surface area is 167 Å². The molecule has 0 saturated heterocycles. The highest BCUT2D eigenvalue weighted by Gasteiger charge is 2.23. The molecule has 9 heteroatoms. The Bertz CT molecular complexity index is 903. The van der Waals surface area contributed by atoms with Crippen molar-refractivity contribution in [3.05, 3.63) is 76.2 Å². The second-order valence-corrected chi connectivity index (χ2v) is 5.92. The Balaban J connectivity index is 1.91. The number of azide groups is 1. The van der Waals surface area contributed by atoms with Crippen molar-refractivity contribution in [3.63, 3.8) is 0 Å². The van der Waals surface area contributed by atoms with Gasteiger partial charge in [-0.1, -0.05) is 59.7 Å². The average molecular weight is 393 g/mol. The molecule has 0 radical (unpaired) electrons. The first-order valence-electron chi connectivity index (χ1n) is 8.77. The number of rotatable bonds is 9. The molecule has 0 bridgehead atoms. The van der Waals surface area contributed by atoms with Gasteiger partial charge in [0.1, 0.15) is 18.7 Å². The number of hydrogen-bond donors (Lipinski definition) is 1. The zero-order chi connectivity index (χ0) is 20.9. The molecule has 1 amide bonds. The molecule has 2 rings (SSSR count). The maximum Gasteiger partial charge on any atom is 0.408 e. The van der Waals surface area contributed by atoms with Crippen LogP contribution in [0.1, 0.15) is 17.5 Å². The fourth-order valence-corrected chi connectivity index (χ4v) is 2.45. The van der Waals surface area contributed by atoms with Crippen molar-refractivity contribution in [2.75, 3.05) is 6.61 Å². The second kappa shape index (κ2) is 11.6. The summed E-state index contributed by atoms with van der Waals surface area (Å²) in [6, 6.07) is 16.8. The smallest absolute Gasteiger partial charge is 0.408 e. The van der Waals surface area contributed by atoms with Crippen LogP contribution >= 0.6 is 0 Å². The Hall–Kier alpha value is -4.02. The fraction of sp³-hybridized carbons (Fsp3) is 0.250. The topological polar surface area (TPSA) is 137 Å². The first-order chi connectivity index (χ1) is 14.1. The molecule has 0 heterocycles. The molecule has 9 nitrogen and oxygen atoms in total. The largest absolute Gasteiger partial charge is 0.449 e. The van der Waals surface area contributed by atoms with Crippen molar-refractivity contribution in [2.24, 2.45) is 5.11 Å². The van der Waals surface area contributed by atoms with Crippen LogP contribution in [0, 0.1) is 11.3 Å². The van der Waals surface area contributed by atoms with E-state index in [1.165, 1.54) is 0 Å². The number of benzene rings is 2. The number of nitrogens with one attached hydrogen (secondary N) is 1. The monoisotopic (exact) mass is 393 g/mol. The summed E-state index contributed by atoms with van der Waals surface area (Å²) in [6.45, 7) is -0.421. The summed E-state index contributed by atoms with van der Waals surface area (Å²) < 4.78 is 9.97. The van der Waals surface area contributed by atoms with E-state index in [9.17, 15) is 9.59 Å². The lowest BCUT2D eigenvalue weighted by Gasteiger charge is -2.17. The van der Waals surface area contributed by atoms with Crippen molar-refractivity contribution in [1.29, 1.82) is 5.26 Å². The van der Waals surface area contributed by atoms with Crippen LogP contribution in [0.15, 0.2) is 59.7 Å². The second-order valence-electron chi connectivity index (χ2n) is 5.92. The molecule has 0 spiro atoms. The molecule has 1 N–H and O–H groups in total. The van der Waals surface area contributed by atoms with E-state index in [4.69, 9.17) is 20.3 Å². The Morgan fingerprint density at radius 3 is 2.48 bits per heavy atom. The van der Waals surface area contributed by atoms with Crippen LogP contribution in [0.3, 0.4) is 0 Å². The first kappa shape index (κ1) is 21.3. The van der Waals surface area contributed by atoms with Crippen LogP contribution in [-0.2, 0) is 27.3 Å². The van der Waals surface area contributed by atoms with E-state index in [1.54, 1.807) is 30.3 Å². The summed E-state index contributed by atoms with van der Waals surface area (Å²) in [5, 5.41) is 14.5. The maximum atomic E-state index is 12.1. The molecule has 29 heavy (non-hydrogen) atoms. The summed E-state index contributed by atoms with van der Waals surface area (Å²) in [4.78, 5) is 26.9. The van der Waals surface area contributed by atoms with Crippen LogP contribution in [0.25, 0.3) is 10.4 Å². The molecular formula is C20H19N5O4. The van der Waals surface area contributed by atoms with E-state index < -0.39 is 24.7 Å². The minimum atomic E-state index is -0.941. The lowest BCUT2D eigenvalue weighted by Crippen LogP contribution is -2.42. The molecule has 2 aromatic carbocycles. The highest BCUT2D eigenvalue weighted by molar-refractivity contribution is 5.81. The molecule has 1 atom stereocenters. The van der Waals surface area contributed by atoms with Gasteiger partial charge in [0, 0.05) is 10.6 Å². The van der Waals surface area contributed by atoms with Gasteiger partial charge in [0.25, 0.3) is 0 Å². The van der Waals surface area contributed by atoms with Crippen molar-refractivity contribution in [2.45, 2.75) is 25.5 Å². The molecule has 0 aliphatic carbocycles. The van der Waals surface area contributed by atoms with E-state index in [0.717, 1.165) is 5.56 Å². The number of esters is 1. The molecule has 0 fully saturated rings. The van der Waals surface area contributed by atoms with Crippen LogP contribution < -0.4 is 5.32 Å². The van der Waals surface area contributed by atoms with E-state index in [-0.39, 0.29) is 6.61 Å². The molecule has 0 unspecified atom stereocenters. The number of alkyl carbamates (subject to hydrolysis) is 1. The van der Waals surface area contributed by atoms with Gasteiger partial charge in [-0.15, -0.1) is 0 Å². The SMILES string of the molecule is N#CCOC(=O)[C@H](CCc1ccccc1)NC(=O)OCc1ccc(N=[N+]=[N-])cc1. The molecular weight excluding hydrogens is 374 g/mol. The third kappa shape index (κ3) is 7.62. The number of amides is 1. The predicted octanol–water partition coefficient (Wildman–Crippen LogP) is 3.92. The number of carbonyl (C=O) groups is 2. The van der Waals surface area contributed by atoms with Crippen molar-refractivity contribution >= 4 is 17.7 Å². The summed E-state index contributed by atoms with van der Waals surface area (Å²) in [5.74, 6) is -0.696. The van der Waals surface area contributed by atoms with Crippen molar-refractivity contribution in [1.82, 2.24) is 5.32 Å². The van der Waals surface area contributed by atoms with Crippen LogP contribution in [0.4, 0.5) is 10.5 Å². The normalized spacial score (nSPS) is 10.7. The van der Waals surface area contributed by atoms with Crippen LogP contribution in [0.2, 0.25) is 0 Å². The number of hydrogen-bond acceptors (Lipinski definition) is 6. The summed E-state index contributed by atoms with van der Waals surface area (Å²) in [5.41, 5.74) is 10.5. The number of nitrogens with zero attached hydrogens (tertiary/aromatic N) is 4. The van der Waals surface area contributed by atoms with Crippen molar-refractivity contribution in [3.8, 4) is 6.07 Å². The van der Waals surface area contributed by atoms with Gasteiger partial charge in [-0.2, -0.15) is 5.26 Å². The summed E-state index contributed by atoms with van der Waals surface area (Å²) in [7, 11) is 0. The minimum absolute atomic E-state index is 0.0268. The standard InChI is InChI=1S/C20H19N5O4/c21-12-13-28-19(26)18(11-8-15-4-2-1-3-5-15)23-20(27)29-14-16-6-9-17(10-7-16)24-25-22/h1-7,9-10,18H,8,11,13-14H2,(H,23,27)/t18-/m0/s1. The molecule has 0 aliphatic heterocycles. The fourth-order valence-electron chi connectivity index (χ4n) is 2.45. The third-order valence-electron chi connectivity index (χ3n) is 3.89. The molecule has 0 saturated carbocycles. The van der Waals surface area contributed by atoms with E-state index in [2.05, 4.69) is 15.3 Å². The Kier molecular flexibility index (Phi) is 8.54. The molecule has 0 aliphatic rings. The predicted molar refractivity (Wildman–Crippen MR) is 104 cm³/mol. The lowest BCUT2D eigenvalue weighted by atomic mass is 10.1. The van der Waals surface area contributed by atoms with E-state index in [1.807, 2.05) is 30.3 Å². The Morgan fingerprint density at radius 2 is 1.83 bits per heavy atom. The number of ether oxygens (including phenoxy) is 2. The highest BCUT2D eigenvalue weighted by Crippen LogP contribution is 2.14. The zero-order valence-corrected chi connectivity index (χ0v) is 15.5. The van der Waals surface area contributed by atoms with E-state index in [0.29, 0.717) is 24.1 Å². The van der Waals surface area contributed by atoms with Gasteiger partial charge in [0.15, 0.2) is 6.61 Å². The van der Waals surface area contributed by atoms with Gasteiger partial charge in [0.2, 0.25) is 0 Å². The number of nitriles is 1. The summed E-state index contributed by atoms with van der Waals surface area (Å²) in [6.07, 6.45) is 0.0505.